The summed E-state index contributed by atoms with van der Waals surface area (Å²) in [6.07, 6.45) is 5.14. The van der Waals surface area contributed by atoms with Crippen molar-refractivity contribution in [3.63, 3.8) is 0 Å². The highest BCUT2D eigenvalue weighted by molar-refractivity contribution is 8.26. The lowest BCUT2D eigenvalue weighted by atomic mass is 10.3. The molecule has 1 rings (SSSR count). The first-order chi connectivity index (χ1) is 7.49. The van der Waals surface area contributed by atoms with Gasteiger partial charge in [-0.15, -0.1) is 0 Å². The molecule has 0 aromatic carbocycles. The number of carbonyl (C=O) groups is 2. The van der Waals surface area contributed by atoms with Crippen LogP contribution < -0.4 is 0 Å². The van der Waals surface area contributed by atoms with Crippen molar-refractivity contribution in [2.24, 2.45) is 0 Å². The molecular formula is C10H11NO3S2. The molecule has 1 amide bonds. The largest absolute Gasteiger partial charge is 0.480 e. The van der Waals surface area contributed by atoms with Gasteiger partial charge in [-0.05, 0) is 19.9 Å². The van der Waals surface area contributed by atoms with Crippen LogP contribution in [0.25, 0.3) is 0 Å². The van der Waals surface area contributed by atoms with Crippen molar-refractivity contribution < 1.29 is 14.7 Å². The summed E-state index contributed by atoms with van der Waals surface area (Å²) < 4.78 is 0.288. The Labute approximate surface area is 103 Å². The van der Waals surface area contributed by atoms with E-state index < -0.39 is 12.0 Å². The monoisotopic (exact) mass is 257 g/mol. The van der Waals surface area contributed by atoms with Crippen molar-refractivity contribution >= 4 is 40.2 Å². The number of amides is 1. The second kappa shape index (κ2) is 5.27. The Morgan fingerprint density at radius 1 is 1.62 bits per heavy atom. The molecule has 0 saturated carbocycles. The maximum atomic E-state index is 11.8. The molecule has 16 heavy (non-hydrogen) atoms. The first kappa shape index (κ1) is 12.9. The number of aliphatic carboxylic acids is 1. The lowest BCUT2D eigenvalue weighted by molar-refractivity contribution is -0.144. The number of allylic oxidation sites excluding steroid dienone is 3. The van der Waals surface area contributed by atoms with E-state index in [0.717, 1.165) is 16.7 Å². The van der Waals surface area contributed by atoms with Crippen LogP contribution in [0.3, 0.4) is 0 Å². The van der Waals surface area contributed by atoms with E-state index in [9.17, 15) is 9.59 Å². The first-order valence-corrected chi connectivity index (χ1v) is 5.82. The number of hydrogen-bond acceptors (Lipinski definition) is 4. The summed E-state index contributed by atoms with van der Waals surface area (Å²) in [6.45, 7) is 3.27. The molecule has 0 spiro atoms. The van der Waals surface area contributed by atoms with Gasteiger partial charge >= 0.3 is 5.97 Å². The Kier molecular flexibility index (Phi) is 4.26. The Morgan fingerprint density at radius 2 is 2.25 bits per heavy atom. The molecule has 0 aromatic rings. The fourth-order valence-corrected chi connectivity index (χ4v) is 2.49. The van der Waals surface area contributed by atoms with Crippen LogP contribution in [-0.4, -0.2) is 32.2 Å². The highest BCUT2D eigenvalue weighted by atomic mass is 32.2. The summed E-state index contributed by atoms with van der Waals surface area (Å²) >= 11 is 6.10. The number of carboxylic acid groups (broad SMARTS) is 1. The lowest BCUT2D eigenvalue weighted by Crippen LogP contribution is -2.41. The van der Waals surface area contributed by atoms with Crippen molar-refractivity contribution in [2.75, 3.05) is 0 Å². The Hall–Kier alpha value is -1.14. The Bertz CT molecular complexity index is 401. The molecule has 1 aliphatic heterocycles. The fraction of sp³-hybridized carbons (Fsp3) is 0.300. The zero-order valence-electron chi connectivity index (χ0n) is 8.84. The fourth-order valence-electron chi connectivity index (χ4n) is 1.12. The zero-order chi connectivity index (χ0) is 12.3. The van der Waals surface area contributed by atoms with Crippen LogP contribution in [0.15, 0.2) is 23.1 Å². The molecule has 1 fully saturated rings. The molecule has 1 saturated heterocycles. The normalized spacial score (nSPS) is 21.1. The maximum Gasteiger partial charge on any atom is 0.326 e. The predicted octanol–water partition coefficient (Wildman–Crippen LogP) is 1.78. The van der Waals surface area contributed by atoms with Crippen molar-refractivity contribution in [1.82, 2.24) is 4.90 Å². The van der Waals surface area contributed by atoms with Gasteiger partial charge in [0.25, 0.3) is 5.91 Å². The molecular weight excluding hydrogens is 246 g/mol. The van der Waals surface area contributed by atoms with E-state index in [1.807, 2.05) is 6.92 Å². The molecule has 6 heteroatoms. The van der Waals surface area contributed by atoms with Gasteiger partial charge in [-0.2, -0.15) is 0 Å². The van der Waals surface area contributed by atoms with Gasteiger partial charge in [0.1, 0.15) is 10.4 Å². The molecule has 1 aliphatic rings. The van der Waals surface area contributed by atoms with Gasteiger partial charge in [0.2, 0.25) is 0 Å². The summed E-state index contributed by atoms with van der Waals surface area (Å²) in [5.74, 6) is -1.41. The summed E-state index contributed by atoms with van der Waals surface area (Å²) in [5.41, 5.74) is 0. The van der Waals surface area contributed by atoms with Crippen molar-refractivity contribution in [2.45, 2.75) is 19.9 Å². The summed E-state index contributed by atoms with van der Waals surface area (Å²) in [5, 5.41) is 8.84. The minimum Gasteiger partial charge on any atom is -0.480 e. The zero-order valence-corrected chi connectivity index (χ0v) is 10.5. The Morgan fingerprint density at radius 3 is 2.75 bits per heavy atom. The molecule has 86 valence electrons. The standard InChI is InChI=1S/C10H11NO3S2/c1-3-4-5-7-8(12)11(10(15)16-7)6(2)9(13)14/h3-6H,1-2H3,(H,13,14)/b4-3+,7-5+/t6-/m0/s1. The Balaban J connectivity index is 2.96. The number of rotatable bonds is 3. The van der Waals surface area contributed by atoms with Gasteiger partial charge in [0.15, 0.2) is 0 Å². The topological polar surface area (TPSA) is 57.6 Å². The van der Waals surface area contributed by atoms with Crippen molar-refractivity contribution in [1.29, 1.82) is 0 Å². The quantitative estimate of drug-likeness (QED) is 0.617. The number of hydrogen-bond donors (Lipinski definition) is 1. The number of carbonyl (C=O) groups excluding carboxylic acids is 1. The minimum atomic E-state index is -1.07. The van der Waals surface area contributed by atoms with E-state index in [4.69, 9.17) is 17.3 Å². The average molecular weight is 257 g/mol. The van der Waals surface area contributed by atoms with Crippen LogP contribution in [0.1, 0.15) is 13.8 Å². The SMILES string of the molecule is C/C=C/C=C1/SC(=S)N([C@@H](C)C(=O)O)C1=O. The van der Waals surface area contributed by atoms with Crippen LogP contribution in [0.2, 0.25) is 0 Å². The van der Waals surface area contributed by atoms with E-state index in [1.165, 1.54) is 6.92 Å². The summed E-state index contributed by atoms with van der Waals surface area (Å²) in [7, 11) is 0. The van der Waals surface area contributed by atoms with Crippen molar-refractivity contribution in [3.8, 4) is 0 Å². The average Bonchev–Trinajstić information content (AvgIpc) is 2.50. The number of thiocarbonyl (C=S) groups is 1. The van der Waals surface area contributed by atoms with E-state index in [2.05, 4.69) is 0 Å². The number of nitrogens with zero attached hydrogens (tertiary/aromatic N) is 1. The molecule has 0 aromatic heterocycles. The third-order valence-electron chi connectivity index (χ3n) is 2.01. The van der Waals surface area contributed by atoms with Gasteiger partial charge in [-0.25, -0.2) is 4.79 Å². The van der Waals surface area contributed by atoms with E-state index in [0.29, 0.717) is 4.91 Å². The molecule has 0 aliphatic carbocycles. The molecule has 0 unspecified atom stereocenters. The molecule has 1 N–H and O–H groups in total. The van der Waals surface area contributed by atoms with Gasteiger partial charge in [-0.3, -0.25) is 9.69 Å². The molecule has 0 radical (unpaired) electrons. The van der Waals surface area contributed by atoms with Crippen LogP contribution in [0.4, 0.5) is 0 Å². The second-order valence-electron chi connectivity index (χ2n) is 3.11. The predicted molar refractivity (Wildman–Crippen MR) is 67.0 cm³/mol. The van der Waals surface area contributed by atoms with Crippen LogP contribution in [0.5, 0.6) is 0 Å². The van der Waals surface area contributed by atoms with Crippen LogP contribution in [0, 0.1) is 0 Å². The van der Waals surface area contributed by atoms with Gasteiger partial charge < -0.3 is 5.11 Å². The first-order valence-electron chi connectivity index (χ1n) is 4.60. The lowest BCUT2D eigenvalue weighted by Gasteiger charge is -2.18. The number of thioether (sulfide) groups is 1. The van der Waals surface area contributed by atoms with Crippen LogP contribution in [-0.2, 0) is 9.59 Å². The summed E-state index contributed by atoms with van der Waals surface area (Å²) in [4.78, 5) is 24.2. The van der Waals surface area contributed by atoms with Crippen LogP contribution >= 0.6 is 24.0 Å². The summed E-state index contributed by atoms with van der Waals surface area (Å²) in [6, 6.07) is -0.927. The molecule has 0 bridgehead atoms. The molecule has 4 nitrogen and oxygen atoms in total. The number of carboxylic acids is 1. The highest BCUT2D eigenvalue weighted by Gasteiger charge is 2.37. The van der Waals surface area contributed by atoms with Crippen molar-refractivity contribution in [3.05, 3.63) is 23.1 Å². The highest BCUT2D eigenvalue weighted by Crippen LogP contribution is 2.32. The maximum absolute atomic E-state index is 11.8. The minimum absolute atomic E-state index is 0.288. The van der Waals surface area contributed by atoms with Gasteiger partial charge in [-0.1, -0.05) is 36.1 Å². The van der Waals surface area contributed by atoms with E-state index in [1.54, 1.807) is 18.2 Å². The third kappa shape index (κ3) is 2.51. The van der Waals surface area contributed by atoms with E-state index >= 15 is 0 Å². The molecule has 1 atom stereocenters. The second-order valence-corrected chi connectivity index (χ2v) is 4.79. The van der Waals surface area contributed by atoms with Gasteiger partial charge in [0, 0.05) is 0 Å². The smallest absolute Gasteiger partial charge is 0.326 e. The van der Waals surface area contributed by atoms with E-state index in [-0.39, 0.29) is 10.2 Å². The third-order valence-corrected chi connectivity index (χ3v) is 3.36. The molecule has 1 heterocycles. The van der Waals surface area contributed by atoms with Gasteiger partial charge in [0.05, 0.1) is 4.91 Å².